The molecule has 2 aliphatic heterocycles. The molecule has 2 aliphatic rings. The molecule has 0 bridgehead atoms. The molecule has 2 rings (SSSR count). The first-order valence-electron chi connectivity index (χ1n) is 45.6. The van der Waals surface area contributed by atoms with Crippen molar-refractivity contribution in [3.8, 4) is 0 Å². The number of carbonyl (C=O) groups is 1. The van der Waals surface area contributed by atoms with Crippen molar-refractivity contribution in [2.24, 2.45) is 0 Å². The Morgan fingerprint density at radius 3 is 0.913 bits per heavy atom. The second-order valence-electron chi connectivity index (χ2n) is 32.4. The van der Waals surface area contributed by atoms with E-state index in [1.54, 1.807) is 6.08 Å². The Morgan fingerprint density at radius 1 is 0.337 bits per heavy atom. The predicted octanol–water partition coefficient (Wildman–Crippen LogP) is 22.2. The third-order valence-corrected chi connectivity index (χ3v) is 22.6. The van der Waals surface area contributed by atoms with Gasteiger partial charge in [-0.25, -0.2) is 0 Å². The highest BCUT2D eigenvalue weighted by molar-refractivity contribution is 5.76. The van der Waals surface area contributed by atoms with E-state index in [1.165, 1.54) is 385 Å². The van der Waals surface area contributed by atoms with E-state index in [9.17, 15) is 45.6 Å². The Labute approximate surface area is 640 Å². The third-order valence-electron chi connectivity index (χ3n) is 22.6. The summed E-state index contributed by atoms with van der Waals surface area (Å²) in [5.41, 5.74) is 0. The molecule has 0 radical (unpaired) electrons. The molecule has 0 aliphatic carbocycles. The lowest BCUT2D eigenvalue weighted by molar-refractivity contribution is -0.359. The van der Waals surface area contributed by atoms with Gasteiger partial charge in [-0.3, -0.25) is 4.79 Å². The van der Waals surface area contributed by atoms with Crippen LogP contribution in [0.5, 0.6) is 0 Å². The highest BCUT2D eigenvalue weighted by Crippen LogP contribution is 2.31. The van der Waals surface area contributed by atoms with Crippen LogP contribution in [0.25, 0.3) is 0 Å². The Balaban J connectivity index is 1.55. The minimum Gasteiger partial charge on any atom is -0.394 e. The molecule has 104 heavy (non-hydrogen) atoms. The summed E-state index contributed by atoms with van der Waals surface area (Å²) in [7, 11) is 0. The van der Waals surface area contributed by atoms with Crippen molar-refractivity contribution < 1.29 is 64.6 Å². The predicted molar refractivity (Wildman–Crippen MR) is 434 cm³/mol. The number of aliphatic hydroxyl groups excluding tert-OH is 8. The molecule has 2 fully saturated rings. The van der Waals surface area contributed by atoms with Crippen molar-refractivity contribution in [2.45, 2.75) is 524 Å². The van der Waals surface area contributed by atoms with Crippen LogP contribution in [0.3, 0.4) is 0 Å². The van der Waals surface area contributed by atoms with E-state index in [4.69, 9.17) is 18.9 Å². The van der Waals surface area contributed by atoms with Gasteiger partial charge in [-0.1, -0.05) is 423 Å². The lowest BCUT2D eigenvalue weighted by Crippen LogP contribution is -2.65. The van der Waals surface area contributed by atoms with Crippen LogP contribution in [0.1, 0.15) is 450 Å². The van der Waals surface area contributed by atoms with Gasteiger partial charge in [0.2, 0.25) is 5.91 Å². The zero-order valence-corrected chi connectivity index (χ0v) is 68.1. The van der Waals surface area contributed by atoms with Gasteiger partial charge in [0.1, 0.15) is 48.8 Å². The summed E-state index contributed by atoms with van der Waals surface area (Å²) < 4.78 is 23.0. The summed E-state index contributed by atoms with van der Waals surface area (Å²) in [6.07, 6.45) is 81.6. The molecule has 14 heteroatoms. The Bertz CT molecular complexity index is 1840. The minimum absolute atomic E-state index is 0.228. The first kappa shape index (κ1) is 98.5. The van der Waals surface area contributed by atoms with Gasteiger partial charge < -0.3 is 65.1 Å². The van der Waals surface area contributed by atoms with Crippen molar-refractivity contribution in [1.82, 2.24) is 5.32 Å². The van der Waals surface area contributed by atoms with Crippen molar-refractivity contribution in [3.05, 3.63) is 24.3 Å². The number of nitrogens with one attached hydrogen (secondary N) is 1. The fraction of sp³-hybridized carbons (Fsp3) is 0.944. The van der Waals surface area contributed by atoms with Gasteiger partial charge in [0.15, 0.2) is 12.6 Å². The molecule has 616 valence electrons. The van der Waals surface area contributed by atoms with Crippen LogP contribution < -0.4 is 5.32 Å². The highest BCUT2D eigenvalue weighted by Gasteiger charge is 2.51. The lowest BCUT2D eigenvalue weighted by atomic mass is 9.97. The zero-order chi connectivity index (χ0) is 75.1. The SMILES string of the molecule is CCCCCCCCCC/C=C\CCCCCCCCCCCCCCCCCCCCCCCCCCCCCC(=O)NC(COC1OC(CO)C(OC2OC(CO)C(O)C(O)C2O)C(O)C1O)C(O)/C=C/CCCCCCCCCCCCCCCCCCCCCCCCCCCCCCC. The van der Waals surface area contributed by atoms with E-state index in [2.05, 4.69) is 31.3 Å². The van der Waals surface area contributed by atoms with E-state index >= 15 is 0 Å². The molecule has 9 N–H and O–H groups in total. The molecule has 0 aromatic carbocycles. The monoisotopic (exact) mass is 1480 g/mol. The fourth-order valence-corrected chi connectivity index (χ4v) is 15.5. The number of amides is 1. The van der Waals surface area contributed by atoms with E-state index in [-0.39, 0.29) is 18.9 Å². The maximum atomic E-state index is 13.4. The van der Waals surface area contributed by atoms with Crippen molar-refractivity contribution in [2.75, 3.05) is 19.8 Å². The summed E-state index contributed by atoms with van der Waals surface area (Å²) in [6, 6.07) is -0.914. The Kier molecular flexibility index (Phi) is 70.3. The van der Waals surface area contributed by atoms with Crippen molar-refractivity contribution in [3.63, 3.8) is 0 Å². The molecule has 2 heterocycles. The van der Waals surface area contributed by atoms with Crippen LogP contribution in [0.15, 0.2) is 24.3 Å². The number of unbranched alkanes of at least 4 members (excludes halogenated alkanes) is 64. The lowest BCUT2D eigenvalue weighted by Gasteiger charge is -2.46. The second-order valence-corrected chi connectivity index (χ2v) is 32.4. The average molecular weight is 1480 g/mol. The van der Waals surface area contributed by atoms with Gasteiger partial charge in [-0.2, -0.15) is 0 Å². The first-order valence-corrected chi connectivity index (χ1v) is 45.6. The summed E-state index contributed by atoms with van der Waals surface area (Å²) in [4.78, 5) is 13.4. The summed E-state index contributed by atoms with van der Waals surface area (Å²) >= 11 is 0. The molecule has 0 saturated carbocycles. The highest BCUT2D eigenvalue weighted by atomic mass is 16.7. The molecule has 0 aromatic heterocycles. The first-order chi connectivity index (χ1) is 51.1. The number of ether oxygens (including phenoxy) is 4. The minimum atomic E-state index is -1.79. The Hall–Kier alpha value is -1.53. The molecule has 14 nitrogen and oxygen atoms in total. The van der Waals surface area contributed by atoms with Gasteiger partial charge in [-0.05, 0) is 44.9 Å². The van der Waals surface area contributed by atoms with E-state index in [0.717, 1.165) is 38.5 Å². The quantitative estimate of drug-likeness (QED) is 0.0204. The van der Waals surface area contributed by atoms with Crippen molar-refractivity contribution >= 4 is 5.91 Å². The largest absolute Gasteiger partial charge is 0.394 e. The molecule has 0 spiro atoms. The van der Waals surface area contributed by atoms with E-state index < -0.39 is 86.8 Å². The van der Waals surface area contributed by atoms with Gasteiger partial charge in [0.05, 0.1) is 32.0 Å². The zero-order valence-electron chi connectivity index (χ0n) is 68.1. The number of hydrogen-bond acceptors (Lipinski definition) is 13. The maximum Gasteiger partial charge on any atom is 0.220 e. The summed E-state index contributed by atoms with van der Waals surface area (Å²) in [5, 5.41) is 87.9. The molecule has 1 amide bonds. The second kappa shape index (κ2) is 74.2. The van der Waals surface area contributed by atoms with Gasteiger partial charge in [0.25, 0.3) is 0 Å². The van der Waals surface area contributed by atoms with Crippen LogP contribution in [-0.2, 0) is 23.7 Å². The number of carbonyl (C=O) groups excluding carboxylic acids is 1. The molecule has 2 saturated heterocycles. The number of aliphatic hydroxyl groups is 8. The van der Waals surface area contributed by atoms with E-state index in [1.807, 2.05) is 6.08 Å². The topological polar surface area (TPSA) is 228 Å². The van der Waals surface area contributed by atoms with Crippen LogP contribution in [0.2, 0.25) is 0 Å². The standard InChI is InChI=1S/C90H173NO13/c1-3-5-7-9-11-13-15-17-19-21-23-25-27-29-31-33-35-36-37-38-39-40-41-42-44-46-48-50-52-54-56-58-60-62-64-66-68-70-72-74-82(95)91-78(77-101-89-87(100)85(98)88(81(76-93)103-89)104-90-86(99)84(97)83(96)80(75-92)102-90)79(94)73-71-69-67-65-63-61-59-57-55-53-51-49-47-45-43-34-32-30-28-26-24-22-20-18-16-14-12-10-8-6-4-2/h21,23,71,73,78-81,83-90,92-94,96-100H,3-20,22,24-70,72,74-77H2,1-2H3,(H,91,95)/b23-21-,73-71+. The van der Waals surface area contributed by atoms with Gasteiger partial charge in [-0.15, -0.1) is 0 Å². The molecule has 12 unspecified atom stereocenters. The van der Waals surface area contributed by atoms with Crippen LogP contribution in [0, 0.1) is 0 Å². The van der Waals surface area contributed by atoms with Gasteiger partial charge in [0, 0.05) is 6.42 Å². The number of rotatable bonds is 79. The Morgan fingerprint density at radius 2 is 0.606 bits per heavy atom. The molecule has 12 atom stereocenters. The summed E-state index contributed by atoms with van der Waals surface area (Å²) in [5.74, 6) is -0.228. The summed E-state index contributed by atoms with van der Waals surface area (Å²) in [6.45, 7) is 2.88. The van der Waals surface area contributed by atoms with Gasteiger partial charge >= 0.3 is 0 Å². The van der Waals surface area contributed by atoms with Crippen LogP contribution in [-0.4, -0.2) is 140 Å². The molecule has 0 aromatic rings. The molecular formula is C90H173NO13. The van der Waals surface area contributed by atoms with E-state index in [0.29, 0.717) is 6.42 Å². The van der Waals surface area contributed by atoms with Crippen LogP contribution in [0.4, 0.5) is 0 Å². The third kappa shape index (κ3) is 55.8. The fourth-order valence-electron chi connectivity index (χ4n) is 15.5. The molecular weight excluding hydrogens is 1300 g/mol. The van der Waals surface area contributed by atoms with Crippen molar-refractivity contribution in [1.29, 1.82) is 0 Å². The normalized spacial score (nSPS) is 21.5. The average Bonchev–Trinajstić information content (AvgIpc) is 0.791. The smallest absolute Gasteiger partial charge is 0.220 e. The maximum absolute atomic E-state index is 13.4. The van der Waals surface area contributed by atoms with Crippen LogP contribution >= 0.6 is 0 Å². The number of allylic oxidation sites excluding steroid dienone is 3. The number of hydrogen-bond donors (Lipinski definition) is 9.